The molecule has 0 spiro atoms. The molecule has 1 aliphatic heterocycles. The van der Waals surface area contributed by atoms with Gasteiger partial charge in [0, 0.05) is 6.54 Å². The largest absolute Gasteiger partial charge is 0.444 e. The van der Waals surface area contributed by atoms with E-state index in [0.29, 0.717) is 19.5 Å². The van der Waals surface area contributed by atoms with Gasteiger partial charge in [-0.15, -0.1) is 0 Å². The highest BCUT2D eigenvalue weighted by Gasteiger charge is 2.40. The summed E-state index contributed by atoms with van der Waals surface area (Å²) in [7, 11) is 0. The van der Waals surface area contributed by atoms with E-state index in [9.17, 15) is 9.90 Å². The summed E-state index contributed by atoms with van der Waals surface area (Å²) < 4.78 is 5.47. The predicted molar refractivity (Wildman–Crippen MR) is 79.4 cm³/mol. The molecule has 0 saturated carbocycles. The molecule has 1 unspecified atom stereocenters. The van der Waals surface area contributed by atoms with Crippen molar-refractivity contribution in [2.75, 3.05) is 13.1 Å². The second kappa shape index (κ2) is 6.31. The minimum absolute atomic E-state index is 0.0514. The van der Waals surface area contributed by atoms with Crippen LogP contribution in [-0.4, -0.2) is 46.9 Å². The van der Waals surface area contributed by atoms with E-state index in [0.717, 1.165) is 12.8 Å². The lowest BCUT2D eigenvalue weighted by molar-refractivity contribution is -0.0381. The van der Waals surface area contributed by atoms with Crippen molar-refractivity contribution in [1.82, 2.24) is 4.90 Å². The Morgan fingerprint density at radius 3 is 2.60 bits per heavy atom. The molecule has 2 atom stereocenters. The zero-order valence-electron chi connectivity index (χ0n) is 13.5. The Morgan fingerprint density at radius 1 is 1.50 bits per heavy atom. The lowest BCUT2D eigenvalue weighted by Gasteiger charge is -2.45. The average molecular weight is 286 g/mol. The van der Waals surface area contributed by atoms with Crippen LogP contribution in [-0.2, 0) is 4.74 Å². The molecular weight excluding hydrogens is 256 g/mol. The topological polar surface area (TPSA) is 75.8 Å². The number of aliphatic hydroxyl groups is 1. The summed E-state index contributed by atoms with van der Waals surface area (Å²) in [6.45, 7) is 10.9. The van der Waals surface area contributed by atoms with Crippen molar-refractivity contribution in [3.05, 3.63) is 0 Å². The van der Waals surface area contributed by atoms with Gasteiger partial charge in [0.05, 0.1) is 12.1 Å². The van der Waals surface area contributed by atoms with Gasteiger partial charge < -0.3 is 20.5 Å². The summed E-state index contributed by atoms with van der Waals surface area (Å²) in [6, 6.07) is -0.193. The third-order valence-corrected chi connectivity index (χ3v) is 3.65. The smallest absolute Gasteiger partial charge is 0.410 e. The molecule has 0 aromatic carbocycles. The highest BCUT2D eigenvalue weighted by Crippen LogP contribution is 2.34. The van der Waals surface area contributed by atoms with E-state index in [2.05, 4.69) is 13.8 Å². The average Bonchev–Trinajstić information content (AvgIpc) is 2.25. The van der Waals surface area contributed by atoms with Crippen LogP contribution < -0.4 is 5.73 Å². The van der Waals surface area contributed by atoms with Crippen LogP contribution in [0.4, 0.5) is 4.79 Å². The van der Waals surface area contributed by atoms with E-state index in [1.807, 2.05) is 20.8 Å². The number of ether oxygens (including phenoxy) is 1. The van der Waals surface area contributed by atoms with Gasteiger partial charge in [0.25, 0.3) is 0 Å². The van der Waals surface area contributed by atoms with E-state index < -0.39 is 11.7 Å². The van der Waals surface area contributed by atoms with Crippen molar-refractivity contribution >= 4 is 6.09 Å². The number of hydrogen-bond acceptors (Lipinski definition) is 4. The third kappa shape index (κ3) is 4.94. The Morgan fingerprint density at radius 2 is 2.10 bits per heavy atom. The molecule has 1 fully saturated rings. The van der Waals surface area contributed by atoms with E-state index in [1.54, 1.807) is 4.90 Å². The first-order chi connectivity index (χ1) is 9.06. The quantitative estimate of drug-likeness (QED) is 0.833. The van der Waals surface area contributed by atoms with Crippen LogP contribution in [0.15, 0.2) is 0 Å². The standard InChI is InChI=1S/C15H30N2O3/c1-14(2,3)20-13(19)17-10-15(4,5)8-6-11(17)12(18)7-9-16/h11-12,18H,6-10,16H2,1-5H3/t11?,12-/m0/s1. The number of rotatable bonds is 3. The van der Waals surface area contributed by atoms with Crippen LogP contribution in [0, 0.1) is 5.41 Å². The van der Waals surface area contributed by atoms with Crippen molar-refractivity contribution in [3.8, 4) is 0 Å². The molecule has 0 bridgehead atoms. The number of carbonyl (C=O) groups excluding carboxylic acids is 1. The Balaban J connectivity index is 2.84. The molecule has 1 saturated heterocycles. The Hall–Kier alpha value is -0.810. The number of nitrogens with zero attached hydrogens (tertiary/aromatic N) is 1. The van der Waals surface area contributed by atoms with Gasteiger partial charge in [-0.05, 0) is 52.0 Å². The molecule has 1 heterocycles. The summed E-state index contributed by atoms with van der Waals surface area (Å²) in [5, 5.41) is 10.2. The fraction of sp³-hybridized carbons (Fsp3) is 0.933. The summed E-state index contributed by atoms with van der Waals surface area (Å²) in [4.78, 5) is 14.1. The van der Waals surface area contributed by atoms with Gasteiger partial charge in [0.1, 0.15) is 5.60 Å². The molecule has 0 radical (unpaired) electrons. The number of nitrogens with two attached hydrogens (primary N) is 1. The van der Waals surface area contributed by atoms with Crippen LogP contribution in [0.5, 0.6) is 0 Å². The van der Waals surface area contributed by atoms with Crippen molar-refractivity contribution < 1.29 is 14.6 Å². The van der Waals surface area contributed by atoms with Gasteiger partial charge in [-0.3, -0.25) is 0 Å². The summed E-state index contributed by atoms with van der Waals surface area (Å²) >= 11 is 0. The van der Waals surface area contributed by atoms with Crippen LogP contribution in [0.3, 0.4) is 0 Å². The number of carbonyl (C=O) groups is 1. The minimum atomic E-state index is -0.580. The second-order valence-corrected chi connectivity index (χ2v) is 7.52. The molecule has 3 N–H and O–H groups in total. The molecule has 1 rings (SSSR count). The van der Waals surface area contributed by atoms with Crippen molar-refractivity contribution in [3.63, 3.8) is 0 Å². The Bertz CT molecular complexity index is 337. The summed E-state index contributed by atoms with van der Waals surface area (Å²) in [6.07, 6.45) is 1.35. The third-order valence-electron chi connectivity index (χ3n) is 3.65. The molecule has 5 heteroatoms. The van der Waals surface area contributed by atoms with E-state index in [1.165, 1.54) is 0 Å². The molecule has 1 aliphatic rings. The van der Waals surface area contributed by atoms with Crippen LogP contribution in [0.25, 0.3) is 0 Å². The van der Waals surface area contributed by atoms with Gasteiger partial charge in [0.2, 0.25) is 0 Å². The molecule has 1 amide bonds. The molecule has 5 nitrogen and oxygen atoms in total. The zero-order chi connectivity index (χ0) is 15.6. The van der Waals surface area contributed by atoms with Crippen LogP contribution in [0.1, 0.15) is 53.9 Å². The monoisotopic (exact) mass is 286 g/mol. The number of aliphatic hydroxyl groups excluding tert-OH is 1. The van der Waals surface area contributed by atoms with Gasteiger partial charge in [-0.1, -0.05) is 13.8 Å². The van der Waals surface area contributed by atoms with Crippen LogP contribution in [0.2, 0.25) is 0 Å². The Labute approximate surface area is 122 Å². The first-order valence-electron chi connectivity index (χ1n) is 7.43. The van der Waals surface area contributed by atoms with Crippen molar-refractivity contribution in [2.24, 2.45) is 11.1 Å². The maximum absolute atomic E-state index is 12.4. The molecule has 0 aromatic rings. The number of amides is 1. The van der Waals surface area contributed by atoms with Gasteiger partial charge in [-0.2, -0.15) is 0 Å². The zero-order valence-corrected chi connectivity index (χ0v) is 13.5. The van der Waals surface area contributed by atoms with Gasteiger partial charge in [0.15, 0.2) is 0 Å². The molecule has 0 aromatic heterocycles. The van der Waals surface area contributed by atoms with E-state index >= 15 is 0 Å². The normalized spacial score (nSPS) is 24.4. The van der Waals surface area contributed by atoms with Crippen molar-refractivity contribution in [1.29, 1.82) is 0 Å². The van der Waals surface area contributed by atoms with Gasteiger partial charge >= 0.3 is 6.09 Å². The first kappa shape index (κ1) is 17.2. The highest BCUT2D eigenvalue weighted by molar-refractivity contribution is 5.69. The molecular formula is C15H30N2O3. The maximum atomic E-state index is 12.4. The van der Waals surface area contributed by atoms with E-state index in [4.69, 9.17) is 10.5 Å². The molecule has 20 heavy (non-hydrogen) atoms. The number of piperidine rings is 1. The highest BCUT2D eigenvalue weighted by atomic mass is 16.6. The second-order valence-electron chi connectivity index (χ2n) is 7.52. The van der Waals surface area contributed by atoms with Crippen molar-refractivity contribution in [2.45, 2.75) is 71.6 Å². The lowest BCUT2D eigenvalue weighted by atomic mass is 9.80. The van der Waals surface area contributed by atoms with E-state index in [-0.39, 0.29) is 17.6 Å². The molecule has 0 aliphatic carbocycles. The van der Waals surface area contributed by atoms with Crippen LogP contribution >= 0.6 is 0 Å². The Kier molecular flexibility index (Phi) is 5.44. The summed E-state index contributed by atoms with van der Waals surface area (Å²) in [5.74, 6) is 0. The number of hydrogen-bond donors (Lipinski definition) is 2. The summed E-state index contributed by atoms with van der Waals surface area (Å²) in [5.41, 5.74) is 5.04. The first-order valence-corrected chi connectivity index (χ1v) is 7.43. The molecule has 118 valence electrons. The maximum Gasteiger partial charge on any atom is 0.410 e. The fourth-order valence-corrected chi connectivity index (χ4v) is 2.64. The number of likely N-dealkylation sites (tertiary alicyclic amines) is 1. The predicted octanol–water partition coefficient (Wildman–Crippen LogP) is 2.12. The SMILES string of the molecule is CC1(C)CCC([C@@H](O)CCN)N(C(=O)OC(C)(C)C)C1. The fourth-order valence-electron chi connectivity index (χ4n) is 2.64. The lowest BCUT2D eigenvalue weighted by Crippen LogP contribution is -2.55. The van der Waals surface area contributed by atoms with Gasteiger partial charge in [-0.25, -0.2) is 4.79 Å². The minimum Gasteiger partial charge on any atom is -0.444 e.